The number of sulfonamides is 1. The van der Waals surface area contributed by atoms with E-state index in [0.29, 0.717) is 36.7 Å². The Morgan fingerprint density at radius 2 is 2.08 bits per heavy atom. The van der Waals surface area contributed by atoms with Crippen LogP contribution in [0.5, 0.6) is 0 Å². The van der Waals surface area contributed by atoms with E-state index < -0.39 is 10.0 Å². The Labute approximate surface area is 166 Å². The molecule has 0 spiro atoms. The van der Waals surface area contributed by atoms with E-state index in [-0.39, 0.29) is 11.8 Å². The zero-order valence-corrected chi connectivity index (χ0v) is 17.6. The van der Waals surface area contributed by atoms with E-state index in [4.69, 9.17) is 0 Å². The number of carbonyl (C=O) groups is 1. The molecule has 1 N–H and O–H groups in total. The molecule has 1 fully saturated rings. The molecular weight excluding hydrogens is 408 g/mol. The lowest BCUT2D eigenvalue weighted by atomic mass is 9.97. The zero-order chi connectivity index (χ0) is 18.4. The average molecular weight is 431 g/mol. The van der Waals surface area contributed by atoms with Crippen LogP contribution >= 0.6 is 34.4 Å². The Kier molecular flexibility index (Phi) is 7.16. The lowest BCUT2D eigenvalue weighted by Gasteiger charge is -2.30. The largest absolute Gasteiger partial charge is 0.355 e. The topological polar surface area (TPSA) is 66.5 Å². The number of nitrogens with one attached hydrogen (secondary N) is 1. The summed E-state index contributed by atoms with van der Waals surface area (Å²) >= 11 is 4.74. The van der Waals surface area contributed by atoms with Gasteiger partial charge in [0.25, 0.3) is 10.0 Å². The van der Waals surface area contributed by atoms with Gasteiger partial charge in [0.2, 0.25) is 5.91 Å². The number of hydrogen-bond donors (Lipinski definition) is 1. The van der Waals surface area contributed by atoms with Crippen molar-refractivity contribution in [1.29, 1.82) is 0 Å². The van der Waals surface area contributed by atoms with Crippen LogP contribution in [0, 0.1) is 5.92 Å². The molecule has 26 heavy (non-hydrogen) atoms. The fraction of sp³-hybridized carbons (Fsp3) is 0.471. The van der Waals surface area contributed by atoms with Crippen LogP contribution in [0.15, 0.2) is 38.5 Å². The molecule has 1 aliphatic heterocycles. The summed E-state index contributed by atoms with van der Waals surface area (Å²) in [6.45, 7) is 1.47. The highest BCUT2D eigenvalue weighted by molar-refractivity contribution is 7.98. The van der Waals surface area contributed by atoms with E-state index in [1.54, 1.807) is 28.8 Å². The molecule has 3 heterocycles. The van der Waals surface area contributed by atoms with Crippen molar-refractivity contribution in [2.45, 2.75) is 22.8 Å². The summed E-state index contributed by atoms with van der Waals surface area (Å²) in [5.41, 5.74) is 1.32. The Balaban J connectivity index is 1.37. The van der Waals surface area contributed by atoms with E-state index in [1.165, 1.54) is 21.2 Å². The van der Waals surface area contributed by atoms with Gasteiger partial charge < -0.3 is 5.32 Å². The van der Waals surface area contributed by atoms with Crippen LogP contribution in [0.3, 0.4) is 0 Å². The van der Waals surface area contributed by atoms with Crippen LogP contribution in [0.2, 0.25) is 0 Å². The molecule has 1 saturated heterocycles. The Bertz CT molecular complexity index is 780. The van der Waals surface area contributed by atoms with Gasteiger partial charge in [0, 0.05) is 37.1 Å². The molecule has 0 atom stereocenters. The number of rotatable bonds is 8. The van der Waals surface area contributed by atoms with Crippen LogP contribution in [-0.2, 0) is 20.6 Å². The average Bonchev–Trinajstić information content (AvgIpc) is 3.35. The molecule has 2 aromatic rings. The molecule has 0 bridgehead atoms. The molecule has 0 aliphatic carbocycles. The van der Waals surface area contributed by atoms with E-state index in [1.807, 2.05) is 11.8 Å². The molecule has 9 heteroatoms. The van der Waals surface area contributed by atoms with Crippen molar-refractivity contribution >= 4 is 50.4 Å². The fourth-order valence-electron chi connectivity index (χ4n) is 2.85. The molecule has 0 aromatic carbocycles. The smallest absolute Gasteiger partial charge is 0.252 e. The maximum absolute atomic E-state index is 12.5. The highest BCUT2D eigenvalue weighted by Gasteiger charge is 2.32. The lowest BCUT2D eigenvalue weighted by molar-refractivity contribution is -0.125. The summed E-state index contributed by atoms with van der Waals surface area (Å²) in [7, 11) is -3.40. The second kappa shape index (κ2) is 9.36. The molecular formula is C17H22N2O3S4. The van der Waals surface area contributed by atoms with Gasteiger partial charge in [-0.15, -0.1) is 11.3 Å². The minimum atomic E-state index is -3.40. The van der Waals surface area contributed by atoms with Gasteiger partial charge in [0.05, 0.1) is 0 Å². The normalized spacial score (nSPS) is 16.6. The van der Waals surface area contributed by atoms with E-state index >= 15 is 0 Å². The molecule has 3 rings (SSSR count). The van der Waals surface area contributed by atoms with Crippen LogP contribution < -0.4 is 5.32 Å². The summed E-state index contributed by atoms with van der Waals surface area (Å²) in [5.74, 6) is 1.81. The third-order valence-corrected chi connectivity index (χ3v) is 9.34. The summed E-state index contributed by atoms with van der Waals surface area (Å²) in [5, 5.41) is 8.97. The van der Waals surface area contributed by atoms with Gasteiger partial charge in [-0.25, -0.2) is 8.42 Å². The molecule has 5 nitrogen and oxygen atoms in total. The third kappa shape index (κ3) is 5.10. The van der Waals surface area contributed by atoms with Gasteiger partial charge in [-0.05, 0) is 46.7 Å². The number of thiophene rings is 2. The van der Waals surface area contributed by atoms with E-state index in [2.05, 4.69) is 22.1 Å². The predicted molar refractivity (Wildman–Crippen MR) is 109 cm³/mol. The second-order valence-electron chi connectivity index (χ2n) is 6.09. The van der Waals surface area contributed by atoms with Crippen molar-refractivity contribution in [2.24, 2.45) is 5.92 Å². The number of amides is 1. The first-order chi connectivity index (χ1) is 12.6. The number of piperidine rings is 1. The molecule has 1 aliphatic rings. The highest BCUT2D eigenvalue weighted by atomic mass is 32.2. The number of hydrogen-bond acceptors (Lipinski definition) is 6. The second-order valence-corrected chi connectivity index (χ2v) is 11.1. The van der Waals surface area contributed by atoms with Crippen molar-refractivity contribution in [3.8, 4) is 0 Å². The van der Waals surface area contributed by atoms with Crippen LogP contribution in [0.1, 0.15) is 18.4 Å². The number of carbonyl (C=O) groups excluding carboxylic acids is 1. The van der Waals surface area contributed by atoms with Gasteiger partial charge in [0.1, 0.15) is 4.21 Å². The van der Waals surface area contributed by atoms with Gasteiger partial charge in [-0.3, -0.25) is 4.79 Å². The van der Waals surface area contributed by atoms with Crippen molar-refractivity contribution in [3.63, 3.8) is 0 Å². The van der Waals surface area contributed by atoms with Crippen LogP contribution in [0.25, 0.3) is 0 Å². The van der Waals surface area contributed by atoms with Gasteiger partial charge in [-0.2, -0.15) is 27.4 Å². The molecule has 0 saturated carbocycles. The third-order valence-electron chi connectivity index (χ3n) is 4.31. The summed E-state index contributed by atoms with van der Waals surface area (Å²) in [4.78, 5) is 12.3. The van der Waals surface area contributed by atoms with Gasteiger partial charge in [0.15, 0.2) is 0 Å². The number of thioether (sulfide) groups is 1. The first-order valence-electron chi connectivity index (χ1n) is 8.47. The maximum Gasteiger partial charge on any atom is 0.252 e. The fourth-order valence-corrected chi connectivity index (χ4v) is 7.05. The first kappa shape index (κ1) is 19.9. The lowest BCUT2D eigenvalue weighted by Crippen LogP contribution is -2.43. The number of nitrogens with zero attached hydrogens (tertiary/aromatic N) is 1. The zero-order valence-electron chi connectivity index (χ0n) is 14.3. The SMILES string of the molecule is O=C(NCCSCc1ccsc1)C1CCN(S(=O)(=O)c2cccs2)CC1. The summed E-state index contributed by atoms with van der Waals surface area (Å²) < 4.78 is 26.9. The van der Waals surface area contributed by atoms with Crippen molar-refractivity contribution < 1.29 is 13.2 Å². The van der Waals surface area contributed by atoms with Gasteiger partial charge >= 0.3 is 0 Å². The monoisotopic (exact) mass is 430 g/mol. The highest BCUT2D eigenvalue weighted by Crippen LogP contribution is 2.26. The van der Waals surface area contributed by atoms with Crippen molar-refractivity contribution in [1.82, 2.24) is 9.62 Å². The minimum Gasteiger partial charge on any atom is -0.355 e. The van der Waals surface area contributed by atoms with Crippen molar-refractivity contribution in [2.75, 3.05) is 25.4 Å². The molecule has 1 amide bonds. The molecule has 2 aromatic heterocycles. The first-order valence-corrected chi connectivity index (χ1v) is 12.9. The molecule has 0 unspecified atom stereocenters. The van der Waals surface area contributed by atoms with Gasteiger partial charge in [-0.1, -0.05) is 6.07 Å². The minimum absolute atomic E-state index is 0.0503. The molecule has 0 radical (unpaired) electrons. The quantitative estimate of drug-likeness (QED) is 0.653. The predicted octanol–water partition coefficient (Wildman–Crippen LogP) is 3.26. The van der Waals surface area contributed by atoms with E-state index in [0.717, 1.165) is 11.5 Å². The van der Waals surface area contributed by atoms with Crippen molar-refractivity contribution in [3.05, 3.63) is 39.9 Å². The van der Waals surface area contributed by atoms with Crippen LogP contribution in [0.4, 0.5) is 0 Å². The Morgan fingerprint density at radius 1 is 1.27 bits per heavy atom. The standard InChI is InChI=1S/C17H22N2O3S4/c20-17(18-6-11-24-13-14-5-10-23-12-14)15-3-7-19(8-4-15)26(21,22)16-2-1-9-25-16/h1-2,5,9-10,12,15H,3-4,6-8,11,13H2,(H,18,20). The Morgan fingerprint density at radius 3 is 2.73 bits per heavy atom. The van der Waals surface area contributed by atoms with E-state index in [9.17, 15) is 13.2 Å². The molecule has 142 valence electrons. The van der Waals surface area contributed by atoms with Crippen LogP contribution in [-0.4, -0.2) is 44.0 Å². The summed E-state index contributed by atoms with van der Waals surface area (Å²) in [6, 6.07) is 5.50. The Hall–Kier alpha value is -0.870. The summed E-state index contributed by atoms with van der Waals surface area (Å²) in [6.07, 6.45) is 1.16. The maximum atomic E-state index is 12.5.